The van der Waals surface area contributed by atoms with E-state index in [0.717, 1.165) is 83.6 Å². The molecule has 8 heteroatoms. The van der Waals surface area contributed by atoms with Crippen LogP contribution in [0.1, 0.15) is 25.5 Å². The van der Waals surface area contributed by atoms with E-state index in [4.69, 9.17) is 9.73 Å². The summed E-state index contributed by atoms with van der Waals surface area (Å²) in [6, 6.07) is 7.01. The number of likely N-dealkylation sites (N-methyl/N-ethyl adjacent to an activating group) is 1. The first-order valence-electron chi connectivity index (χ1n) is 12.1. The Bertz CT molecular complexity index is 686. The Hall–Kier alpha value is -1.74. The molecule has 0 aliphatic carbocycles. The van der Waals surface area contributed by atoms with E-state index in [0.29, 0.717) is 12.5 Å². The number of rotatable bonds is 9. The normalized spacial score (nSPS) is 21.3. The number of morpholine rings is 1. The monoisotopic (exact) mass is 448 g/mol. The van der Waals surface area contributed by atoms with Crippen LogP contribution in [-0.2, 0) is 4.74 Å². The van der Waals surface area contributed by atoms with Gasteiger partial charge in [-0.2, -0.15) is 0 Å². The minimum atomic E-state index is -0.202. The average Bonchev–Trinajstić information content (AvgIpc) is 2.81. The molecule has 2 atom stereocenters. The van der Waals surface area contributed by atoms with Crippen LogP contribution in [0.25, 0.3) is 0 Å². The van der Waals surface area contributed by atoms with Crippen LogP contribution in [-0.4, -0.2) is 106 Å². The Morgan fingerprint density at radius 2 is 1.75 bits per heavy atom. The Kier molecular flexibility index (Phi) is 10.2. The van der Waals surface area contributed by atoms with Gasteiger partial charge in [-0.25, -0.2) is 4.39 Å². The molecule has 7 nitrogen and oxygen atoms in total. The molecule has 2 aliphatic heterocycles. The maximum absolute atomic E-state index is 13.5. The average molecular weight is 449 g/mol. The number of halogens is 1. The summed E-state index contributed by atoms with van der Waals surface area (Å²) in [6.45, 7) is 15.6. The van der Waals surface area contributed by atoms with Crippen LogP contribution >= 0.6 is 0 Å². The van der Waals surface area contributed by atoms with E-state index in [1.54, 1.807) is 12.1 Å². The lowest BCUT2D eigenvalue weighted by Gasteiger charge is -2.35. The maximum atomic E-state index is 13.5. The molecule has 0 aromatic heterocycles. The SMILES string of the molecule is CCNC(=NCC(C)CN1CCN(C)CC1)NCC(c1ccc(F)cc1)N1CCOCC1. The van der Waals surface area contributed by atoms with Crippen molar-refractivity contribution in [3.05, 3.63) is 35.6 Å². The lowest BCUT2D eigenvalue weighted by molar-refractivity contribution is 0.0170. The largest absolute Gasteiger partial charge is 0.379 e. The highest BCUT2D eigenvalue weighted by Crippen LogP contribution is 2.21. The molecule has 1 aromatic rings. The Labute approximate surface area is 193 Å². The first-order valence-corrected chi connectivity index (χ1v) is 12.1. The molecule has 0 amide bonds. The standard InChI is InChI=1S/C24H41FN6O/c1-4-26-24(27-17-20(2)19-30-11-9-29(3)10-12-30)28-18-23(31-13-15-32-16-14-31)21-5-7-22(25)8-6-21/h5-8,20,23H,4,9-19H2,1-3H3,(H2,26,27,28). The van der Waals surface area contributed by atoms with Crippen LogP contribution < -0.4 is 10.6 Å². The summed E-state index contributed by atoms with van der Waals surface area (Å²) in [7, 11) is 2.19. The van der Waals surface area contributed by atoms with E-state index >= 15 is 0 Å². The molecule has 2 unspecified atom stereocenters. The number of ether oxygens (including phenoxy) is 1. The number of guanidine groups is 1. The van der Waals surface area contributed by atoms with Gasteiger partial charge in [-0.3, -0.25) is 9.89 Å². The number of piperazine rings is 1. The fourth-order valence-corrected chi connectivity index (χ4v) is 4.34. The van der Waals surface area contributed by atoms with Crippen molar-refractivity contribution < 1.29 is 9.13 Å². The molecule has 180 valence electrons. The fraction of sp³-hybridized carbons (Fsp3) is 0.708. The van der Waals surface area contributed by atoms with Gasteiger partial charge in [-0.05, 0) is 37.6 Å². The summed E-state index contributed by atoms with van der Waals surface area (Å²) in [4.78, 5) is 12.2. The van der Waals surface area contributed by atoms with Gasteiger partial charge in [0.15, 0.2) is 5.96 Å². The van der Waals surface area contributed by atoms with Crippen molar-refractivity contribution in [2.75, 3.05) is 85.7 Å². The number of nitrogens with zero attached hydrogens (tertiary/aromatic N) is 4. The van der Waals surface area contributed by atoms with Gasteiger partial charge < -0.3 is 25.2 Å². The van der Waals surface area contributed by atoms with E-state index in [1.807, 2.05) is 12.1 Å². The summed E-state index contributed by atoms with van der Waals surface area (Å²) in [5, 5.41) is 6.92. The van der Waals surface area contributed by atoms with Gasteiger partial charge in [0.1, 0.15) is 5.82 Å². The van der Waals surface area contributed by atoms with E-state index < -0.39 is 0 Å². The van der Waals surface area contributed by atoms with Crippen molar-refractivity contribution in [1.82, 2.24) is 25.3 Å². The zero-order valence-electron chi connectivity index (χ0n) is 20.0. The summed E-state index contributed by atoms with van der Waals surface area (Å²) in [6.07, 6.45) is 0. The lowest BCUT2D eigenvalue weighted by Crippen LogP contribution is -2.47. The summed E-state index contributed by atoms with van der Waals surface area (Å²) in [5.74, 6) is 1.14. The fourth-order valence-electron chi connectivity index (χ4n) is 4.34. The van der Waals surface area contributed by atoms with Gasteiger partial charge >= 0.3 is 0 Å². The number of aliphatic imine (C=N–C) groups is 1. The topological polar surface area (TPSA) is 55.4 Å². The molecule has 1 aromatic carbocycles. The van der Waals surface area contributed by atoms with Gasteiger partial charge in [0, 0.05) is 65.4 Å². The van der Waals surface area contributed by atoms with Crippen molar-refractivity contribution >= 4 is 5.96 Å². The third kappa shape index (κ3) is 7.99. The second kappa shape index (κ2) is 13.1. The highest BCUT2D eigenvalue weighted by molar-refractivity contribution is 5.79. The van der Waals surface area contributed by atoms with Crippen molar-refractivity contribution in [1.29, 1.82) is 0 Å². The van der Waals surface area contributed by atoms with E-state index in [2.05, 4.69) is 46.2 Å². The van der Waals surface area contributed by atoms with Crippen LogP contribution in [0.15, 0.2) is 29.3 Å². The molecule has 0 radical (unpaired) electrons. The minimum Gasteiger partial charge on any atom is -0.379 e. The molecule has 2 heterocycles. The molecule has 32 heavy (non-hydrogen) atoms. The quantitative estimate of drug-likeness (QED) is 0.443. The molecule has 2 fully saturated rings. The van der Waals surface area contributed by atoms with Gasteiger partial charge in [0.05, 0.1) is 19.3 Å². The molecule has 2 aliphatic rings. The summed E-state index contributed by atoms with van der Waals surface area (Å²) >= 11 is 0. The molecular formula is C24H41FN6O. The number of hydrogen-bond donors (Lipinski definition) is 2. The molecule has 2 N–H and O–H groups in total. The maximum Gasteiger partial charge on any atom is 0.191 e. The summed E-state index contributed by atoms with van der Waals surface area (Å²) in [5.41, 5.74) is 1.11. The van der Waals surface area contributed by atoms with Gasteiger partial charge in [-0.15, -0.1) is 0 Å². The first kappa shape index (κ1) is 24.9. The van der Waals surface area contributed by atoms with Crippen LogP contribution in [0.4, 0.5) is 4.39 Å². The third-order valence-electron chi connectivity index (χ3n) is 6.28. The second-order valence-corrected chi connectivity index (χ2v) is 9.03. The summed E-state index contributed by atoms with van der Waals surface area (Å²) < 4.78 is 19.0. The Balaban J connectivity index is 1.57. The highest BCUT2D eigenvalue weighted by Gasteiger charge is 2.23. The molecule has 0 bridgehead atoms. The van der Waals surface area contributed by atoms with Crippen LogP contribution in [0.5, 0.6) is 0 Å². The molecule has 2 saturated heterocycles. The van der Waals surface area contributed by atoms with E-state index in [1.165, 1.54) is 0 Å². The minimum absolute atomic E-state index is 0.145. The number of nitrogens with one attached hydrogen (secondary N) is 2. The molecule has 0 spiro atoms. The molecule has 3 rings (SSSR count). The highest BCUT2D eigenvalue weighted by atomic mass is 19.1. The third-order valence-corrected chi connectivity index (χ3v) is 6.28. The Morgan fingerprint density at radius 1 is 1.06 bits per heavy atom. The van der Waals surface area contributed by atoms with E-state index in [9.17, 15) is 4.39 Å². The van der Waals surface area contributed by atoms with Crippen LogP contribution in [0, 0.1) is 11.7 Å². The van der Waals surface area contributed by atoms with Crippen molar-refractivity contribution in [2.24, 2.45) is 10.9 Å². The number of benzene rings is 1. The first-order chi connectivity index (χ1) is 15.5. The molecular weight excluding hydrogens is 407 g/mol. The van der Waals surface area contributed by atoms with Crippen molar-refractivity contribution in [3.8, 4) is 0 Å². The van der Waals surface area contributed by atoms with Gasteiger partial charge in [-0.1, -0.05) is 19.1 Å². The smallest absolute Gasteiger partial charge is 0.191 e. The van der Waals surface area contributed by atoms with Gasteiger partial charge in [0.2, 0.25) is 0 Å². The Morgan fingerprint density at radius 3 is 2.41 bits per heavy atom. The van der Waals surface area contributed by atoms with Gasteiger partial charge in [0.25, 0.3) is 0 Å². The zero-order chi connectivity index (χ0) is 22.8. The van der Waals surface area contributed by atoms with E-state index in [-0.39, 0.29) is 11.9 Å². The predicted molar refractivity (Wildman–Crippen MR) is 129 cm³/mol. The van der Waals surface area contributed by atoms with Crippen molar-refractivity contribution in [3.63, 3.8) is 0 Å². The molecule has 0 saturated carbocycles. The lowest BCUT2D eigenvalue weighted by atomic mass is 10.0. The number of hydrogen-bond acceptors (Lipinski definition) is 5. The zero-order valence-corrected chi connectivity index (χ0v) is 20.0. The second-order valence-electron chi connectivity index (χ2n) is 9.03. The van der Waals surface area contributed by atoms with Crippen LogP contribution in [0.2, 0.25) is 0 Å². The van der Waals surface area contributed by atoms with Crippen molar-refractivity contribution in [2.45, 2.75) is 19.9 Å². The van der Waals surface area contributed by atoms with Crippen LogP contribution in [0.3, 0.4) is 0 Å². The predicted octanol–water partition coefficient (Wildman–Crippen LogP) is 1.64.